The monoisotopic (exact) mass is 464 g/mol. The zero-order valence-corrected chi connectivity index (χ0v) is 18.5. The number of H-pyrrole nitrogens is 1. The Morgan fingerprint density at radius 1 is 1.17 bits per heavy atom. The van der Waals surface area contributed by atoms with Crippen molar-refractivity contribution in [2.24, 2.45) is 0 Å². The molecule has 30 heavy (non-hydrogen) atoms. The van der Waals surface area contributed by atoms with Crippen LogP contribution in [-0.4, -0.2) is 65.4 Å². The normalized spacial score (nSPS) is 15.6. The van der Waals surface area contributed by atoms with Crippen molar-refractivity contribution in [3.63, 3.8) is 0 Å². The molecule has 0 bridgehead atoms. The van der Waals surface area contributed by atoms with E-state index < -0.39 is 10.0 Å². The predicted molar refractivity (Wildman–Crippen MR) is 119 cm³/mol. The van der Waals surface area contributed by atoms with Crippen LogP contribution in [0.15, 0.2) is 53.7 Å². The van der Waals surface area contributed by atoms with Crippen LogP contribution in [0.3, 0.4) is 0 Å². The van der Waals surface area contributed by atoms with Gasteiger partial charge in [-0.2, -0.15) is 4.31 Å². The lowest BCUT2D eigenvalue weighted by Crippen LogP contribution is -2.50. The quantitative estimate of drug-likeness (QED) is 0.606. The molecule has 1 N–H and O–H groups in total. The lowest BCUT2D eigenvalue weighted by molar-refractivity contribution is -0.129. The first-order chi connectivity index (χ1) is 14.4. The molecule has 0 unspecified atom stereocenters. The summed E-state index contributed by atoms with van der Waals surface area (Å²) in [7, 11) is -3.65. The van der Waals surface area contributed by atoms with Crippen LogP contribution in [0.1, 0.15) is 5.56 Å². The van der Waals surface area contributed by atoms with Crippen LogP contribution in [-0.2, 0) is 20.6 Å². The summed E-state index contributed by atoms with van der Waals surface area (Å²) in [5.41, 5.74) is 1.62. The molecule has 10 heteroatoms. The zero-order chi connectivity index (χ0) is 21.1. The van der Waals surface area contributed by atoms with Crippen molar-refractivity contribution in [1.29, 1.82) is 0 Å². The number of benzene rings is 1. The second-order valence-electron chi connectivity index (χ2n) is 6.96. The molecular formula is C20H21ClN4O3S2. The summed E-state index contributed by atoms with van der Waals surface area (Å²) in [5.74, 6) is 1.08. The van der Waals surface area contributed by atoms with E-state index in [1.807, 2.05) is 24.3 Å². The van der Waals surface area contributed by atoms with Crippen molar-refractivity contribution < 1.29 is 13.2 Å². The van der Waals surface area contributed by atoms with Gasteiger partial charge in [0.15, 0.2) is 0 Å². The number of aromatic nitrogens is 2. The molecular weight excluding hydrogens is 444 g/mol. The smallest absolute Gasteiger partial charge is 0.245 e. The fraction of sp³-hybridized carbons (Fsp3) is 0.300. The maximum absolute atomic E-state index is 13.1. The maximum Gasteiger partial charge on any atom is 0.245 e. The van der Waals surface area contributed by atoms with E-state index in [9.17, 15) is 13.2 Å². The number of hydrogen-bond acceptors (Lipinski definition) is 5. The molecule has 0 atom stereocenters. The molecule has 0 saturated carbocycles. The highest BCUT2D eigenvalue weighted by Crippen LogP contribution is 2.25. The van der Waals surface area contributed by atoms with E-state index in [1.54, 1.807) is 23.2 Å². The molecule has 1 fully saturated rings. The molecule has 0 aliphatic carbocycles. The minimum atomic E-state index is -3.65. The molecule has 0 radical (unpaired) electrons. The van der Waals surface area contributed by atoms with Gasteiger partial charge >= 0.3 is 0 Å². The average molecular weight is 465 g/mol. The second kappa shape index (κ2) is 8.97. The number of hydrogen-bond donors (Lipinski definition) is 1. The van der Waals surface area contributed by atoms with Crippen LogP contribution >= 0.6 is 23.4 Å². The minimum Gasteiger partial charge on any atom is -0.345 e. The molecule has 1 aromatic carbocycles. The highest BCUT2D eigenvalue weighted by molar-refractivity contribution is 7.99. The standard InChI is InChI=1S/C20H21ClN4O3S2/c21-16-4-1-3-15(11-16)13-29-14-19(26)24-7-9-25(10-8-24)30(27,28)18-12-23-20-17(18)5-2-6-22-20/h1-6,11-12H,7-10,13-14H2,(H,22,23). The number of carbonyl (C=O) groups excluding carboxylic acids is 1. The third-order valence-corrected chi connectivity index (χ3v) is 8.17. The molecule has 0 spiro atoms. The number of halogens is 1. The molecule has 3 heterocycles. The van der Waals surface area contributed by atoms with E-state index in [2.05, 4.69) is 9.97 Å². The van der Waals surface area contributed by atoms with Crippen LogP contribution in [0.2, 0.25) is 5.02 Å². The van der Waals surface area contributed by atoms with Crippen molar-refractivity contribution in [2.45, 2.75) is 10.6 Å². The largest absolute Gasteiger partial charge is 0.345 e. The van der Waals surface area contributed by atoms with Crippen molar-refractivity contribution in [1.82, 2.24) is 19.2 Å². The van der Waals surface area contributed by atoms with E-state index in [-0.39, 0.29) is 23.9 Å². The Morgan fingerprint density at radius 2 is 1.97 bits per heavy atom. The molecule has 1 aliphatic heterocycles. The van der Waals surface area contributed by atoms with Crippen LogP contribution in [0.5, 0.6) is 0 Å². The topological polar surface area (TPSA) is 86.4 Å². The lowest BCUT2D eigenvalue weighted by atomic mass is 10.2. The predicted octanol–water partition coefficient (Wildman–Crippen LogP) is 2.98. The Balaban J connectivity index is 1.32. The number of aromatic amines is 1. The van der Waals surface area contributed by atoms with Gasteiger partial charge in [0, 0.05) is 54.7 Å². The summed E-state index contributed by atoms with van der Waals surface area (Å²) >= 11 is 7.51. The van der Waals surface area contributed by atoms with E-state index in [4.69, 9.17) is 11.6 Å². The third-order valence-electron chi connectivity index (χ3n) is 5.01. The van der Waals surface area contributed by atoms with Gasteiger partial charge in [0.25, 0.3) is 0 Å². The Kier molecular flexibility index (Phi) is 6.33. The number of nitrogens with one attached hydrogen (secondary N) is 1. The van der Waals surface area contributed by atoms with Gasteiger partial charge in [-0.15, -0.1) is 11.8 Å². The average Bonchev–Trinajstić information content (AvgIpc) is 3.19. The van der Waals surface area contributed by atoms with Crippen LogP contribution in [0.25, 0.3) is 11.0 Å². The first kappa shape index (κ1) is 21.2. The molecule has 3 aromatic rings. The van der Waals surface area contributed by atoms with E-state index in [0.717, 1.165) is 5.56 Å². The van der Waals surface area contributed by atoms with Gasteiger partial charge in [0.05, 0.1) is 5.75 Å². The lowest BCUT2D eigenvalue weighted by Gasteiger charge is -2.33. The number of fused-ring (bicyclic) bond motifs is 1. The minimum absolute atomic E-state index is 0.0235. The molecule has 1 amide bonds. The number of thioether (sulfide) groups is 1. The summed E-state index contributed by atoms with van der Waals surface area (Å²) in [6, 6.07) is 11.0. The summed E-state index contributed by atoms with van der Waals surface area (Å²) in [5, 5.41) is 1.26. The zero-order valence-electron chi connectivity index (χ0n) is 16.1. The number of amides is 1. The molecule has 1 saturated heterocycles. The Hall–Kier alpha value is -2.07. The van der Waals surface area contributed by atoms with E-state index in [0.29, 0.717) is 40.7 Å². The van der Waals surface area contributed by atoms with Crippen LogP contribution < -0.4 is 0 Å². The maximum atomic E-state index is 13.1. The summed E-state index contributed by atoms with van der Waals surface area (Å²) in [4.78, 5) is 21.5. The van der Waals surface area contributed by atoms with Crippen molar-refractivity contribution in [3.8, 4) is 0 Å². The second-order valence-corrected chi connectivity index (χ2v) is 10.3. The number of piperazine rings is 1. The van der Waals surface area contributed by atoms with Gasteiger partial charge in [0.2, 0.25) is 15.9 Å². The Labute approximate surface area is 184 Å². The van der Waals surface area contributed by atoms with E-state index >= 15 is 0 Å². The molecule has 4 rings (SSSR count). The van der Waals surface area contributed by atoms with Crippen molar-refractivity contribution >= 4 is 50.3 Å². The van der Waals surface area contributed by atoms with Gasteiger partial charge in [-0.1, -0.05) is 23.7 Å². The van der Waals surface area contributed by atoms with Crippen LogP contribution in [0.4, 0.5) is 0 Å². The molecule has 7 nitrogen and oxygen atoms in total. The third kappa shape index (κ3) is 4.49. The Morgan fingerprint density at radius 3 is 2.73 bits per heavy atom. The van der Waals surface area contributed by atoms with Gasteiger partial charge in [-0.3, -0.25) is 4.79 Å². The fourth-order valence-electron chi connectivity index (χ4n) is 3.44. The van der Waals surface area contributed by atoms with E-state index in [1.165, 1.54) is 22.3 Å². The Bertz CT molecular complexity index is 1160. The van der Waals surface area contributed by atoms with Gasteiger partial charge in [-0.05, 0) is 29.8 Å². The molecule has 2 aromatic heterocycles. The summed E-state index contributed by atoms with van der Waals surface area (Å²) in [6.07, 6.45) is 3.10. The first-order valence-corrected chi connectivity index (χ1v) is 12.4. The van der Waals surface area contributed by atoms with Crippen molar-refractivity contribution in [2.75, 3.05) is 31.9 Å². The summed E-state index contributed by atoms with van der Waals surface area (Å²) < 4.78 is 27.5. The SMILES string of the molecule is O=C(CSCc1cccc(Cl)c1)N1CCN(S(=O)(=O)c2c[nH]c3ncccc23)CC1. The van der Waals surface area contributed by atoms with Crippen LogP contribution in [0, 0.1) is 0 Å². The van der Waals surface area contributed by atoms with Gasteiger partial charge in [0.1, 0.15) is 10.5 Å². The summed E-state index contributed by atoms with van der Waals surface area (Å²) in [6.45, 7) is 1.33. The highest BCUT2D eigenvalue weighted by Gasteiger charge is 2.31. The number of rotatable bonds is 6. The number of sulfonamides is 1. The molecule has 158 valence electrons. The number of nitrogens with zero attached hydrogens (tertiary/aromatic N) is 3. The highest BCUT2D eigenvalue weighted by atomic mass is 35.5. The number of carbonyl (C=O) groups is 1. The fourth-order valence-corrected chi connectivity index (χ4v) is 6.10. The van der Waals surface area contributed by atoms with Gasteiger partial charge < -0.3 is 9.88 Å². The van der Waals surface area contributed by atoms with Crippen molar-refractivity contribution in [3.05, 3.63) is 59.4 Å². The number of pyridine rings is 1. The molecule has 1 aliphatic rings. The first-order valence-electron chi connectivity index (χ1n) is 9.47. The van der Waals surface area contributed by atoms with Gasteiger partial charge in [-0.25, -0.2) is 13.4 Å².